The maximum atomic E-state index is 13.0. The number of nitrogens with zero attached hydrogens (tertiary/aromatic N) is 4. The van der Waals surface area contributed by atoms with Crippen LogP contribution in [-0.4, -0.2) is 54.2 Å². The lowest BCUT2D eigenvalue weighted by Gasteiger charge is -2.41. The Hall–Kier alpha value is -3.37. The number of hydrogen-bond acceptors (Lipinski definition) is 7. The first-order valence-electron chi connectivity index (χ1n) is 10.6. The van der Waals surface area contributed by atoms with E-state index in [0.29, 0.717) is 62.2 Å². The highest BCUT2D eigenvalue weighted by atomic mass is 19.3. The van der Waals surface area contributed by atoms with Gasteiger partial charge in [0.25, 0.3) is 12.0 Å². The first kappa shape index (κ1) is 21.5. The quantitative estimate of drug-likeness (QED) is 0.561. The van der Waals surface area contributed by atoms with Crippen LogP contribution in [0.2, 0.25) is 0 Å². The molecule has 0 N–H and O–H groups in total. The predicted octanol–water partition coefficient (Wildman–Crippen LogP) is 2.65. The third kappa shape index (κ3) is 4.19. The second kappa shape index (κ2) is 8.20. The molecule has 11 heteroatoms. The van der Waals surface area contributed by atoms with E-state index in [4.69, 9.17) is 22.1 Å². The number of rotatable bonds is 4. The fraction of sp³-hybridized carbons (Fsp3) is 0.409. The summed E-state index contributed by atoms with van der Waals surface area (Å²) in [6.45, 7) is 3.88. The van der Waals surface area contributed by atoms with Crippen LogP contribution in [-0.2, 0) is 0 Å². The summed E-state index contributed by atoms with van der Waals surface area (Å²) >= 11 is 0. The average Bonchev–Trinajstić information content (AvgIpc) is 2.79. The molecule has 0 spiro atoms. The van der Waals surface area contributed by atoms with Crippen molar-refractivity contribution in [1.29, 1.82) is 0 Å². The van der Waals surface area contributed by atoms with Gasteiger partial charge in [0.15, 0.2) is 23.0 Å². The molecule has 2 aliphatic rings. The van der Waals surface area contributed by atoms with Crippen molar-refractivity contribution in [2.75, 3.05) is 31.2 Å². The van der Waals surface area contributed by atoms with Gasteiger partial charge in [-0.3, -0.25) is 4.79 Å². The number of piperidine rings is 1. The third-order valence-electron chi connectivity index (χ3n) is 5.80. The first-order chi connectivity index (χ1) is 15.8. The van der Waals surface area contributed by atoms with E-state index in [1.807, 2.05) is 4.90 Å². The normalized spacial score (nSPS) is 17.4. The number of fused-ring (bicyclic) bond motifs is 2. The van der Waals surface area contributed by atoms with Crippen LogP contribution < -0.4 is 24.7 Å². The molecule has 3 aromatic rings. The molecule has 8 nitrogen and oxygen atoms in total. The van der Waals surface area contributed by atoms with Gasteiger partial charge in [-0.1, -0.05) is 0 Å². The molecular weight excluding hydrogens is 433 g/mol. The average molecular weight is 454 g/mol. The molecular formula is C22H21BF2N4O4. The first-order valence-corrected chi connectivity index (χ1v) is 10.6. The zero-order valence-electron chi connectivity index (χ0n) is 18.0. The summed E-state index contributed by atoms with van der Waals surface area (Å²) in [4.78, 5) is 18.2. The Kier molecular flexibility index (Phi) is 5.34. The monoisotopic (exact) mass is 454 g/mol. The standard InChI is InChI=1S/C22H21BF2N4O4/c1-13-10-18-26-15(20(24)25)12-19(30)29(18)27-21(13)28-6-4-22(23,5-7-28)33-14-2-3-16-17(11-14)32-9-8-31-16/h2-3,10-12,20H,4-9H2,1H3. The SMILES string of the molecule is [B]C1(Oc2ccc3c(c2)OCCO3)CCN(c2nn3c(=O)cc(C(F)F)nc3cc2C)CC1. The molecule has 2 aliphatic heterocycles. The number of ether oxygens (including phenoxy) is 3. The molecule has 0 bridgehead atoms. The topological polar surface area (TPSA) is 78.2 Å². The Labute approximate surface area is 189 Å². The van der Waals surface area contributed by atoms with E-state index < -0.39 is 23.2 Å². The third-order valence-corrected chi connectivity index (χ3v) is 5.80. The Balaban J connectivity index is 1.33. The lowest BCUT2D eigenvalue weighted by atomic mass is 9.73. The molecule has 170 valence electrons. The summed E-state index contributed by atoms with van der Waals surface area (Å²) in [5, 5.41) is 4.39. The van der Waals surface area contributed by atoms with E-state index in [2.05, 4.69) is 10.1 Å². The molecule has 0 unspecified atom stereocenters. The molecule has 5 rings (SSSR count). The van der Waals surface area contributed by atoms with Crippen LogP contribution in [0, 0.1) is 6.92 Å². The highest BCUT2D eigenvalue weighted by molar-refractivity contribution is 6.14. The minimum atomic E-state index is -2.82. The van der Waals surface area contributed by atoms with Crippen LogP contribution >= 0.6 is 0 Å². The van der Waals surface area contributed by atoms with Gasteiger partial charge in [0.05, 0.1) is 5.50 Å². The maximum Gasteiger partial charge on any atom is 0.280 e. The minimum Gasteiger partial charge on any atom is -0.497 e. The van der Waals surface area contributed by atoms with E-state index in [9.17, 15) is 13.6 Å². The van der Waals surface area contributed by atoms with Crippen molar-refractivity contribution < 1.29 is 23.0 Å². The lowest BCUT2D eigenvalue weighted by Crippen LogP contribution is -2.49. The van der Waals surface area contributed by atoms with Crippen LogP contribution in [0.4, 0.5) is 14.6 Å². The highest BCUT2D eigenvalue weighted by Gasteiger charge is 2.33. The summed E-state index contributed by atoms with van der Waals surface area (Å²) in [6.07, 6.45) is -1.80. The van der Waals surface area contributed by atoms with Gasteiger partial charge in [0.1, 0.15) is 32.5 Å². The summed E-state index contributed by atoms with van der Waals surface area (Å²) in [7, 11) is 6.53. The molecule has 1 fully saturated rings. The zero-order chi connectivity index (χ0) is 23.2. The Morgan fingerprint density at radius 1 is 1.12 bits per heavy atom. The number of benzene rings is 1. The minimum absolute atomic E-state index is 0.0890. The summed E-state index contributed by atoms with van der Waals surface area (Å²) in [5.74, 6) is 2.49. The lowest BCUT2D eigenvalue weighted by molar-refractivity contribution is 0.124. The molecule has 4 heterocycles. The number of alkyl halides is 2. The predicted molar refractivity (Wildman–Crippen MR) is 117 cm³/mol. The van der Waals surface area contributed by atoms with Crippen molar-refractivity contribution in [2.45, 2.75) is 31.7 Å². The van der Waals surface area contributed by atoms with Crippen molar-refractivity contribution in [3.8, 4) is 17.2 Å². The van der Waals surface area contributed by atoms with E-state index in [1.165, 1.54) is 0 Å². The van der Waals surface area contributed by atoms with Gasteiger partial charge < -0.3 is 19.1 Å². The van der Waals surface area contributed by atoms with Crippen molar-refractivity contribution in [2.24, 2.45) is 0 Å². The second-order valence-corrected chi connectivity index (χ2v) is 8.20. The maximum absolute atomic E-state index is 13.0. The smallest absolute Gasteiger partial charge is 0.280 e. The summed E-state index contributed by atoms with van der Waals surface area (Å²) < 4.78 is 44.3. The molecule has 33 heavy (non-hydrogen) atoms. The van der Waals surface area contributed by atoms with Crippen molar-refractivity contribution in [3.63, 3.8) is 0 Å². The molecule has 2 aromatic heterocycles. The van der Waals surface area contributed by atoms with E-state index in [1.54, 1.807) is 31.2 Å². The molecule has 0 amide bonds. The Bertz CT molecular complexity index is 1260. The van der Waals surface area contributed by atoms with Gasteiger partial charge in [0, 0.05) is 25.2 Å². The second-order valence-electron chi connectivity index (χ2n) is 8.20. The molecule has 0 saturated carbocycles. The van der Waals surface area contributed by atoms with E-state index in [-0.39, 0.29) is 5.65 Å². The van der Waals surface area contributed by atoms with Crippen molar-refractivity contribution >= 4 is 19.3 Å². The Morgan fingerprint density at radius 3 is 2.58 bits per heavy atom. The van der Waals surface area contributed by atoms with Gasteiger partial charge in [-0.25, -0.2) is 13.8 Å². The summed E-state index contributed by atoms with van der Waals surface area (Å²) in [6, 6.07) is 7.78. The number of aryl methyl sites for hydroxylation is 1. The van der Waals surface area contributed by atoms with Crippen LogP contribution in [0.3, 0.4) is 0 Å². The highest BCUT2D eigenvalue weighted by Crippen LogP contribution is 2.36. The summed E-state index contributed by atoms with van der Waals surface area (Å²) in [5.41, 5.74) is -1.27. The Morgan fingerprint density at radius 2 is 1.85 bits per heavy atom. The van der Waals surface area contributed by atoms with Gasteiger partial charge in [-0.15, -0.1) is 5.10 Å². The van der Waals surface area contributed by atoms with Crippen LogP contribution in [0.5, 0.6) is 17.2 Å². The van der Waals surface area contributed by atoms with Crippen molar-refractivity contribution in [1.82, 2.24) is 14.6 Å². The molecule has 2 radical (unpaired) electrons. The fourth-order valence-electron chi connectivity index (χ4n) is 4.08. The van der Waals surface area contributed by atoms with Gasteiger partial charge in [-0.2, -0.15) is 4.52 Å². The van der Waals surface area contributed by atoms with Crippen molar-refractivity contribution in [3.05, 3.63) is 51.9 Å². The number of anilines is 1. The zero-order valence-corrected chi connectivity index (χ0v) is 18.0. The number of hydrogen-bond donors (Lipinski definition) is 0. The largest absolute Gasteiger partial charge is 0.497 e. The fourth-order valence-corrected chi connectivity index (χ4v) is 4.08. The molecule has 1 aromatic carbocycles. The number of aromatic nitrogens is 3. The van der Waals surface area contributed by atoms with Gasteiger partial charge >= 0.3 is 0 Å². The van der Waals surface area contributed by atoms with E-state index in [0.717, 1.165) is 16.1 Å². The van der Waals surface area contributed by atoms with E-state index >= 15 is 0 Å². The van der Waals surface area contributed by atoms with Crippen LogP contribution in [0.15, 0.2) is 35.1 Å². The number of halogens is 2. The molecule has 0 aliphatic carbocycles. The van der Waals surface area contributed by atoms with Gasteiger partial charge in [-0.05, 0) is 43.5 Å². The van der Waals surface area contributed by atoms with Crippen LogP contribution in [0.25, 0.3) is 5.65 Å². The molecule has 0 atom stereocenters. The van der Waals surface area contributed by atoms with Crippen LogP contribution in [0.1, 0.15) is 30.5 Å². The molecule has 1 saturated heterocycles. The van der Waals surface area contributed by atoms with Gasteiger partial charge in [0.2, 0.25) is 0 Å².